The van der Waals surface area contributed by atoms with E-state index in [-0.39, 0.29) is 10.4 Å². The predicted molar refractivity (Wildman–Crippen MR) is 77.7 cm³/mol. The van der Waals surface area contributed by atoms with Crippen LogP contribution in [0, 0.1) is 11.2 Å². The van der Waals surface area contributed by atoms with Crippen LogP contribution in [0.5, 0.6) is 5.75 Å². The minimum Gasteiger partial charge on any atom is -0.492 e. The van der Waals surface area contributed by atoms with Crippen LogP contribution in [-0.4, -0.2) is 11.6 Å². The highest BCUT2D eigenvalue weighted by Crippen LogP contribution is 2.49. The van der Waals surface area contributed by atoms with E-state index in [9.17, 15) is 4.39 Å². The first-order chi connectivity index (χ1) is 8.42. The van der Waals surface area contributed by atoms with Crippen molar-refractivity contribution in [2.45, 2.75) is 19.3 Å². The first kappa shape index (κ1) is 14.0. The van der Waals surface area contributed by atoms with Crippen molar-refractivity contribution in [3.8, 4) is 5.75 Å². The zero-order valence-corrected chi connectivity index (χ0v) is 12.7. The number of nitrogens with two attached hydrogens (primary N) is 1. The Morgan fingerprint density at radius 2 is 2.22 bits per heavy atom. The van der Waals surface area contributed by atoms with Gasteiger partial charge in [-0.3, -0.25) is 0 Å². The third-order valence-corrected chi connectivity index (χ3v) is 4.07. The lowest BCUT2D eigenvalue weighted by Crippen LogP contribution is -2.21. The normalized spacial score (nSPS) is 16.4. The van der Waals surface area contributed by atoms with E-state index >= 15 is 0 Å². The molecular formula is C12H12BrClFNOS. The molecule has 1 aromatic carbocycles. The van der Waals surface area contributed by atoms with Crippen molar-refractivity contribution in [2.75, 3.05) is 6.61 Å². The van der Waals surface area contributed by atoms with Crippen molar-refractivity contribution in [2.24, 2.45) is 11.1 Å². The molecule has 1 aliphatic carbocycles. The van der Waals surface area contributed by atoms with Crippen molar-refractivity contribution < 1.29 is 9.13 Å². The van der Waals surface area contributed by atoms with Crippen molar-refractivity contribution in [1.29, 1.82) is 0 Å². The maximum Gasteiger partial charge on any atom is 0.145 e. The van der Waals surface area contributed by atoms with E-state index in [1.165, 1.54) is 12.1 Å². The molecule has 0 aliphatic heterocycles. The second kappa shape index (κ2) is 5.31. The summed E-state index contributed by atoms with van der Waals surface area (Å²) in [5.41, 5.74) is 5.59. The Labute approximate surface area is 124 Å². The Bertz CT molecular complexity index is 493. The first-order valence-electron chi connectivity index (χ1n) is 5.48. The minimum atomic E-state index is -0.492. The monoisotopic (exact) mass is 351 g/mol. The molecule has 0 amide bonds. The van der Waals surface area contributed by atoms with Gasteiger partial charge in [0.25, 0.3) is 0 Å². The van der Waals surface area contributed by atoms with Crippen LogP contribution in [0.15, 0.2) is 16.6 Å². The molecule has 0 saturated heterocycles. The highest BCUT2D eigenvalue weighted by molar-refractivity contribution is 9.10. The maximum absolute atomic E-state index is 13.3. The zero-order chi connectivity index (χ0) is 13.3. The summed E-state index contributed by atoms with van der Waals surface area (Å²) in [4.78, 5) is 0.498. The summed E-state index contributed by atoms with van der Waals surface area (Å²) in [6.07, 6.45) is 2.76. The Balaban J connectivity index is 2.03. The van der Waals surface area contributed by atoms with Crippen molar-refractivity contribution in [1.82, 2.24) is 0 Å². The minimum absolute atomic E-state index is 0.0430. The molecule has 0 aromatic heterocycles. The van der Waals surface area contributed by atoms with Crippen LogP contribution in [0.3, 0.4) is 0 Å². The van der Waals surface area contributed by atoms with Crippen molar-refractivity contribution in [3.63, 3.8) is 0 Å². The zero-order valence-electron chi connectivity index (χ0n) is 9.51. The summed E-state index contributed by atoms with van der Waals surface area (Å²) in [6.45, 7) is 0.490. The van der Waals surface area contributed by atoms with E-state index in [1.54, 1.807) is 0 Å². The van der Waals surface area contributed by atoms with Gasteiger partial charge in [-0.1, -0.05) is 23.8 Å². The van der Waals surface area contributed by atoms with Gasteiger partial charge in [0.1, 0.15) is 11.6 Å². The number of rotatable bonds is 5. The smallest absolute Gasteiger partial charge is 0.145 e. The second-order valence-electron chi connectivity index (χ2n) is 4.63. The van der Waals surface area contributed by atoms with Gasteiger partial charge in [-0.05, 0) is 34.8 Å². The van der Waals surface area contributed by atoms with Gasteiger partial charge in [0, 0.05) is 17.9 Å². The van der Waals surface area contributed by atoms with Gasteiger partial charge < -0.3 is 10.5 Å². The van der Waals surface area contributed by atoms with E-state index in [1.807, 2.05) is 0 Å². The fraction of sp³-hybridized carbons (Fsp3) is 0.417. The SMILES string of the molecule is NC(=S)CC1(COc2cc(F)c(Cl)cc2Br)CC1. The first-order valence-corrected chi connectivity index (χ1v) is 7.05. The van der Waals surface area contributed by atoms with E-state index in [0.29, 0.717) is 28.2 Å². The molecule has 0 spiro atoms. The fourth-order valence-corrected chi connectivity index (χ4v) is 2.82. The number of hydrogen-bond acceptors (Lipinski definition) is 2. The number of hydrogen-bond donors (Lipinski definition) is 1. The lowest BCUT2D eigenvalue weighted by atomic mass is 10.0. The van der Waals surface area contributed by atoms with Crippen LogP contribution in [-0.2, 0) is 0 Å². The van der Waals surface area contributed by atoms with Crippen LogP contribution >= 0.6 is 39.7 Å². The van der Waals surface area contributed by atoms with Gasteiger partial charge in [-0.15, -0.1) is 0 Å². The summed E-state index contributed by atoms with van der Waals surface area (Å²) in [6, 6.07) is 2.77. The molecule has 0 unspecified atom stereocenters. The number of thiocarbonyl (C=S) groups is 1. The van der Waals surface area contributed by atoms with E-state index in [4.69, 9.17) is 34.3 Å². The summed E-state index contributed by atoms with van der Waals surface area (Å²) >= 11 is 13.9. The van der Waals surface area contributed by atoms with Crippen LogP contribution in [0.1, 0.15) is 19.3 Å². The lowest BCUT2D eigenvalue weighted by molar-refractivity contribution is 0.237. The van der Waals surface area contributed by atoms with Crippen LogP contribution in [0.4, 0.5) is 4.39 Å². The lowest BCUT2D eigenvalue weighted by Gasteiger charge is -2.16. The van der Waals surface area contributed by atoms with Crippen molar-refractivity contribution >= 4 is 44.7 Å². The second-order valence-corrected chi connectivity index (χ2v) is 6.41. The molecule has 0 bridgehead atoms. The Hall–Kier alpha value is -0.390. The quantitative estimate of drug-likeness (QED) is 0.641. The molecule has 0 heterocycles. The molecule has 1 aliphatic rings. The van der Waals surface area contributed by atoms with Gasteiger partial charge in [0.15, 0.2) is 0 Å². The molecular weight excluding hydrogens is 341 g/mol. The van der Waals surface area contributed by atoms with Crippen LogP contribution in [0.2, 0.25) is 5.02 Å². The predicted octanol–water partition coefficient (Wildman–Crippen LogP) is 4.08. The highest BCUT2D eigenvalue weighted by Gasteiger charge is 2.44. The summed E-state index contributed by atoms with van der Waals surface area (Å²) in [7, 11) is 0. The average Bonchev–Trinajstić information content (AvgIpc) is 3.01. The molecule has 1 saturated carbocycles. The third-order valence-electron chi connectivity index (χ3n) is 3.02. The van der Waals surface area contributed by atoms with Gasteiger partial charge in [0.2, 0.25) is 0 Å². The molecule has 1 fully saturated rings. The Morgan fingerprint density at radius 3 is 2.78 bits per heavy atom. The van der Waals surface area contributed by atoms with Gasteiger partial charge in [-0.25, -0.2) is 4.39 Å². The van der Waals surface area contributed by atoms with Crippen LogP contribution in [0.25, 0.3) is 0 Å². The average molecular weight is 353 g/mol. The van der Waals surface area contributed by atoms with Crippen LogP contribution < -0.4 is 10.5 Å². The number of ether oxygens (including phenoxy) is 1. The van der Waals surface area contributed by atoms with E-state index in [2.05, 4.69) is 15.9 Å². The standard InChI is InChI=1S/C12H12BrClFNOS/c13-7-3-8(14)9(15)4-10(7)17-6-12(1-2-12)5-11(16)18/h3-4H,1-2,5-6H2,(H2,16,18). The molecule has 98 valence electrons. The molecule has 2 nitrogen and oxygen atoms in total. The number of benzene rings is 1. The summed E-state index contributed by atoms with van der Waals surface area (Å²) in [5, 5.41) is 0.0681. The van der Waals surface area contributed by atoms with Crippen molar-refractivity contribution in [3.05, 3.63) is 27.4 Å². The molecule has 18 heavy (non-hydrogen) atoms. The molecule has 0 atom stereocenters. The van der Waals surface area contributed by atoms with Gasteiger partial charge in [-0.2, -0.15) is 0 Å². The fourth-order valence-electron chi connectivity index (χ4n) is 1.76. The summed E-state index contributed by atoms with van der Waals surface area (Å²) in [5.74, 6) is -0.0415. The highest BCUT2D eigenvalue weighted by atomic mass is 79.9. The molecule has 6 heteroatoms. The topological polar surface area (TPSA) is 35.2 Å². The molecule has 1 aromatic rings. The molecule has 2 rings (SSSR count). The van der Waals surface area contributed by atoms with E-state index < -0.39 is 5.82 Å². The maximum atomic E-state index is 13.3. The Morgan fingerprint density at radius 1 is 1.56 bits per heavy atom. The number of halogens is 3. The Kier molecular flexibility index (Phi) is 4.14. The largest absolute Gasteiger partial charge is 0.492 e. The molecule has 0 radical (unpaired) electrons. The molecule has 2 N–H and O–H groups in total. The summed E-state index contributed by atoms with van der Waals surface area (Å²) < 4.78 is 19.6. The van der Waals surface area contributed by atoms with Gasteiger partial charge in [0.05, 0.1) is 21.1 Å². The van der Waals surface area contributed by atoms with Gasteiger partial charge >= 0.3 is 0 Å². The third kappa shape index (κ3) is 3.33. The van der Waals surface area contributed by atoms with E-state index in [0.717, 1.165) is 12.8 Å².